The van der Waals surface area contributed by atoms with Crippen LogP contribution in [0.2, 0.25) is 15.1 Å². The maximum absolute atomic E-state index is 12.4. The first-order valence-electron chi connectivity index (χ1n) is 9.19. The smallest absolute Gasteiger partial charge is 0.234 e. The van der Waals surface area contributed by atoms with Crippen molar-refractivity contribution in [2.45, 2.75) is 23.2 Å². The lowest BCUT2D eigenvalue weighted by atomic mass is 10.2. The van der Waals surface area contributed by atoms with E-state index in [4.69, 9.17) is 34.8 Å². The van der Waals surface area contributed by atoms with Crippen LogP contribution in [0.25, 0.3) is 0 Å². The van der Waals surface area contributed by atoms with Crippen LogP contribution in [0.3, 0.4) is 0 Å². The largest absolute Gasteiger partial charge is 0.323 e. The van der Waals surface area contributed by atoms with Crippen molar-refractivity contribution in [1.29, 1.82) is 0 Å². The zero-order valence-corrected chi connectivity index (χ0v) is 20.3. The van der Waals surface area contributed by atoms with E-state index in [2.05, 4.69) is 34.2 Å². The summed E-state index contributed by atoms with van der Waals surface area (Å²) in [6.45, 7) is 4.37. The summed E-state index contributed by atoms with van der Waals surface area (Å²) in [4.78, 5) is 12.4. The van der Waals surface area contributed by atoms with Crippen LogP contribution in [0.1, 0.15) is 11.4 Å². The van der Waals surface area contributed by atoms with Gasteiger partial charge < -0.3 is 9.88 Å². The number of nitrogens with zero attached hydrogens (tertiary/aromatic N) is 3. The fourth-order valence-corrected chi connectivity index (χ4v) is 5.25. The fraction of sp³-hybridized carbons (Fsp3) is 0.190. The summed E-state index contributed by atoms with van der Waals surface area (Å²) in [7, 11) is 0. The minimum absolute atomic E-state index is 0.127. The number of benzene rings is 2. The van der Waals surface area contributed by atoms with Gasteiger partial charge in [0.2, 0.25) is 5.91 Å². The van der Waals surface area contributed by atoms with Crippen LogP contribution in [0, 0.1) is 0 Å². The lowest BCUT2D eigenvalue weighted by Crippen LogP contribution is -2.15. The summed E-state index contributed by atoms with van der Waals surface area (Å²) in [5.41, 5.74) is 1.59. The summed E-state index contributed by atoms with van der Waals surface area (Å²) >= 11 is 21.2. The van der Waals surface area contributed by atoms with E-state index in [1.54, 1.807) is 17.8 Å². The molecule has 0 radical (unpaired) electrons. The SMILES string of the molecule is C=CCn1c(CSCc2ccccc2)nnc1SCC(=O)Nc1c(Cl)cc(Cl)cc1Cl. The van der Waals surface area contributed by atoms with Crippen molar-refractivity contribution in [2.75, 3.05) is 11.1 Å². The number of rotatable bonds is 10. The van der Waals surface area contributed by atoms with Crippen LogP contribution in [0.4, 0.5) is 5.69 Å². The molecule has 5 nitrogen and oxygen atoms in total. The van der Waals surface area contributed by atoms with E-state index in [1.165, 1.54) is 29.5 Å². The topological polar surface area (TPSA) is 59.8 Å². The van der Waals surface area contributed by atoms with E-state index in [9.17, 15) is 4.79 Å². The number of amides is 1. The lowest BCUT2D eigenvalue weighted by Gasteiger charge is -2.10. The zero-order chi connectivity index (χ0) is 22.2. The Morgan fingerprint density at radius 3 is 2.48 bits per heavy atom. The Kier molecular flexibility index (Phi) is 9.16. The molecular formula is C21H19Cl3N4OS2. The minimum Gasteiger partial charge on any atom is -0.323 e. The van der Waals surface area contributed by atoms with E-state index in [0.717, 1.165) is 11.6 Å². The number of halogens is 3. The van der Waals surface area contributed by atoms with E-state index in [-0.39, 0.29) is 21.7 Å². The number of aromatic nitrogens is 3. The first-order chi connectivity index (χ1) is 15.0. The van der Waals surface area contributed by atoms with E-state index in [0.29, 0.717) is 28.2 Å². The molecule has 2 aromatic carbocycles. The summed E-state index contributed by atoms with van der Waals surface area (Å²) in [6, 6.07) is 13.3. The molecule has 0 aliphatic rings. The summed E-state index contributed by atoms with van der Waals surface area (Å²) < 4.78 is 1.96. The highest BCUT2D eigenvalue weighted by molar-refractivity contribution is 7.99. The average Bonchev–Trinajstić information content (AvgIpc) is 3.12. The molecule has 0 bridgehead atoms. The van der Waals surface area contributed by atoms with Crippen molar-refractivity contribution in [3.05, 3.63) is 81.6 Å². The molecule has 3 rings (SSSR count). The van der Waals surface area contributed by atoms with Crippen molar-refractivity contribution in [1.82, 2.24) is 14.8 Å². The molecule has 10 heteroatoms. The fourth-order valence-electron chi connectivity index (χ4n) is 2.65. The third-order valence-electron chi connectivity index (χ3n) is 4.05. The molecule has 0 unspecified atom stereocenters. The molecule has 1 aromatic heterocycles. The second-order valence-electron chi connectivity index (χ2n) is 6.36. The first-order valence-corrected chi connectivity index (χ1v) is 12.5. The van der Waals surface area contributed by atoms with Gasteiger partial charge in [-0.2, -0.15) is 0 Å². The molecule has 0 saturated carbocycles. The highest BCUT2D eigenvalue weighted by Crippen LogP contribution is 2.34. The van der Waals surface area contributed by atoms with Crippen molar-refractivity contribution >= 4 is 69.9 Å². The Balaban J connectivity index is 1.59. The molecule has 1 amide bonds. The molecule has 1 N–H and O–H groups in total. The molecule has 0 atom stereocenters. The molecule has 0 spiro atoms. The van der Waals surface area contributed by atoms with Gasteiger partial charge in [-0.05, 0) is 17.7 Å². The number of allylic oxidation sites excluding steroid dienone is 1. The lowest BCUT2D eigenvalue weighted by molar-refractivity contribution is -0.113. The summed E-state index contributed by atoms with van der Waals surface area (Å²) in [6.07, 6.45) is 1.78. The first kappa shape index (κ1) is 24.0. The number of thioether (sulfide) groups is 2. The minimum atomic E-state index is -0.260. The zero-order valence-electron chi connectivity index (χ0n) is 16.4. The maximum atomic E-state index is 12.4. The summed E-state index contributed by atoms with van der Waals surface area (Å²) in [5, 5.41) is 12.9. The molecule has 0 aliphatic carbocycles. The van der Waals surface area contributed by atoms with Crippen LogP contribution in [0.5, 0.6) is 0 Å². The summed E-state index contributed by atoms with van der Waals surface area (Å²) in [5.74, 6) is 2.30. The number of hydrogen-bond acceptors (Lipinski definition) is 5. The number of anilines is 1. The van der Waals surface area contributed by atoms with Gasteiger partial charge in [-0.15, -0.1) is 28.5 Å². The molecule has 0 saturated heterocycles. The van der Waals surface area contributed by atoms with Crippen molar-refractivity contribution in [3.8, 4) is 0 Å². The van der Waals surface area contributed by atoms with E-state index < -0.39 is 0 Å². The molecular weight excluding hydrogens is 495 g/mol. The van der Waals surface area contributed by atoms with Gasteiger partial charge in [0, 0.05) is 17.3 Å². The quantitative estimate of drug-likeness (QED) is 0.245. The Morgan fingerprint density at radius 2 is 1.81 bits per heavy atom. The van der Waals surface area contributed by atoms with Gasteiger partial charge >= 0.3 is 0 Å². The number of nitrogens with one attached hydrogen (secondary N) is 1. The van der Waals surface area contributed by atoms with E-state index >= 15 is 0 Å². The molecule has 1 heterocycles. The molecule has 0 aliphatic heterocycles. The van der Waals surface area contributed by atoms with Gasteiger partial charge in [-0.1, -0.05) is 83.0 Å². The average molecular weight is 514 g/mol. The molecule has 3 aromatic rings. The third kappa shape index (κ3) is 6.92. The highest BCUT2D eigenvalue weighted by Gasteiger charge is 2.16. The number of carbonyl (C=O) groups excluding carboxylic acids is 1. The molecule has 0 fully saturated rings. The Bertz CT molecular complexity index is 1040. The second kappa shape index (κ2) is 11.8. The van der Waals surface area contributed by atoms with Gasteiger partial charge in [0.25, 0.3) is 0 Å². The van der Waals surface area contributed by atoms with Crippen molar-refractivity contribution in [3.63, 3.8) is 0 Å². The van der Waals surface area contributed by atoms with Crippen LogP contribution < -0.4 is 5.32 Å². The van der Waals surface area contributed by atoms with Crippen LogP contribution >= 0.6 is 58.3 Å². The monoisotopic (exact) mass is 512 g/mol. The number of hydrogen-bond donors (Lipinski definition) is 1. The van der Waals surface area contributed by atoms with Gasteiger partial charge in [0.15, 0.2) is 5.16 Å². The Labute approximate surface area is 204 Å². The van der Waals surface area contributed by atoms with Gasteiger partial charge in [-0.25, -0.2) is 0 Å². The van der Waals surface area contributed by atoms with Crippen molar-refractivity contribution in [2.24, 2.45) is 0 Å². The Hall–Kier alpha value is -1.64. The van der Waals surface area contributed by atoms with Crippen molar-refractivity contribution < 1.29 is 4.79 Å². The number of carbonyl (C=O) groups is 1. The Morgan fingerprint density at radius 1 is 1.10 bits per heavy atom. The van der Waals surface area contributed by atoms with Crippen LogP contribution in [-0.2, 0) is 22.8 Å². The third-order valence-corrected chi connectivity index (χ3v) is 6.83. The maximum Gasteiger partial charge on any atom is 0.234 e. The second-order valence-corrected chi connectivity index (χ2v) is 9.54. The van der Waals surface area contributed by atoms with Gasteiger partial charge in [0.1, 0.15) is 5.82 Å². The predicted octanol–water partition coefficient (Wildman–Crippen LogP) is 6.59. The van der Waals surface area contributed by atoms with E-state index in [1.807, 2.05) is 22.8 Å². The van der Waals surface area contributed by atoms with Crippen LogP contribution in [-0.4, -0.2) is 26.4 Å². The molecule has 31 heavy (non-hydrogen) atoms. The van der Waals surface area contributed by atoms with Gasteiger partial charge in [-0.3, -0.25) is 4.79 Å². The standard InChI is InChI=1S/C21H19Cl3N4OS2/c1-2-8-28-18(12-30-11-14-6-4-3-5-7-14)26-27-21(28)31-13-19(29)25-20-16(23)9-15(22)10-17(20)24/h2-7,9-10H,1,8,11-13H2,(H,25,29). The predicted molar refractivity (Wildman–Crippen MR) is 132 cm³/mol. The van der Waals surface area contributed by atoms with Crippen LogP contribution in [0.15, 0.2) is 60.3 Å². The molecule has 162 valence electrons. The highest BCUT2D eigenvalue weighted by atomic mass is 35.5. The normalized spacial score (nSPS) is 10.8. The van der Waals surface area contributed by atoms with Gasteiger partial charge in [0.05, 0.1) is 27.2 Å².